The first-order valence-corrected chi connectivity index (χ1v) is 7.00. The minimum Gasteiger partial charge on any atom is -0.447 e. The van der Waals surface area contributed by atoms with Crippen molar-refractivity contribution >= 4 is 23.8 Å². The monoisotopic (exact) mass is 308 g/mol. The van der Waals surface area contributed by atoms with Crippen molar-refractivity contribution in [3.63, 3.8) is 0 Å². The summed E-state index contributed by atoms with van der Waals surface area (Å²) in [5.41, 5.74) is 2.04. The maximum absolute atomic E-state index is 11.9. The number of hydrazine groups is 1. The van der Waals surface area contributed by atoms with E-state index >= 15 is 0 Å². The highest BCUT2D eigenvalue weighted by Crippen LogP contribution is 2.25. The summed E-state index contributed by atoms with van der Waals surface area (Å²) in [5.74, 6) is 5.57. The first kappa shape index (κ1) is 16.0. The maximum atomic E-state index is 11.9. The number of carbonyl (C=O) groups excluding carboxylic acids is 2. The van der Waals surface area contributed by atoms with Crippen LogP contribution in [0.15, 0.2) is 12.3 Å². The highest BCUT2D eigenvalue weighted by Gasteiger charge is 2.37. The van der Waals surface area contributed by atoms with Gasteiger partial charge >= 0.3 is 6.09 Å². The minimum absolute atomic E-state index is 0.0833. The number of nitrogens with two attached hydrogens (primary N) is 1. The zero-order valence-electron chi connectivity index (χ0n) is 12.7. The normalized spacial score (nSPS) is 19.0. The second kappa shape index (κ2) is 6.56. The van der Waals surface area contributed by atoms with Gasteiger partial charge in [-0.25, -0.2) is 15.6 Å². The van der Waals surface area contributed by atoms with Crippen LogP contribution in [-0.4, -0.2) is 40.7 Å². The van der Waals surface area contributed by atoms with Gasteiger partial charge in [0.1, 0.15) is 18.5 Å². The molecule has 1 aromatic heterocycles. The molecule has 2 rings (SSSR count). The van der Waals surface area contributed by atoms with Crippen LogP contribution in [-0.2, 0) is 9.53 Å². The molecule has 120 valence electrons. The molecule has 4 N–H and O–H groups in total. The summed E-state index contributed by atoms with van der Waals surface area (Å²) in [6, 6.07) is 0.938. The number of hydrogen-bond acceptors (Lipinski definition) is 7. The lowest BCUT2D eigenvalue weighted by Gasteiger charge is -2.23. The van der Waals surface area contributed by atoms with Gasteiger partial charge in [-0.15, -0.1) is 0 Å². The fourth-order valence-electron chi connectivity index (χ4n) is 2.13. The van der Waals surface area contributed by atoms with Crippen LogP contribution < -0.4 is 21.5 Å². The third kappa shape index (κ3) is 3.25. The number of rotatable bonds is 5. The average Bonchev–Trinajstić information content (AvgIpc) is 2.88. The van der Waals surface area contributed by atoms with E-state index in [-0.39, 0.29) is 17.9 Å². The van der Waals surface area contributed by atoms with Crippen LogP contribution in [0.1, 0.15) is 20.8 Å². The molecule has 0 radical (unpaired) electrons. The van der Waals surface area contributed by atoms with Crippen molar-refractivity contribution in [2.45, 2.75) is 32.9 Å². The molecule has 9 nitrogen and oxygen atoms in total. The zero-order chi connectivity index (χ0) is 16.3. The zero-order valence-corrected chi connectivity index (χ0v) is 12.7. The Morgan fingerprint density at radius 2 is 2.23 bits per heavy atom. The number of amides is 2. The van der Waals surface area contributed by atoms with E-state index in [4.69, 9.17) is 10.6 Å². The summed E-state index contributed by atoms with van der Waals surface area (Å²) in [6.45, 7) is 5.97. The van der Waals surface area contributed by atoms with E-state index in [1.165, 1.54) is 11.1 Å². The summed E-state index contributed by atoms with van der Waals surface area (Å²) in [4.78, 5) is 33.2. The number of anilines is 2. The van der Waals surface area contributed by atoms with Gasteiger partial charge in [-0.3, -0.25) is 15.1 Å². The fraction of sp³-hybridized carbons (Fsp3) is 0.538. The first-order valence-electron chi connectivity index (χ1n) is 7.00. The maximum Gasteiger partial charge on any atom is 0.415 e. The molecule has 2 amide bonds. The largest absolute Gasteiger partial charge is 0.447 e. The molecule has 2 unspecified atom stereocenters. The summed E-state index contributed by atoms with van der Waals surface area (Å²) < 4.78 is 5.10. The topological polar surface area (TPSA) is 122 Å². The van der Waals surface area contributed by atoms with E-state index in [0.29, 0.717) is 12.4 Å². The van der Waals surface area contributed by atoms with Crippen molar-refractivity contribution in [3.8, 4) is 0 Å². The molecule has 0 saturated carbocycles. The molecule has 1 saturated heterocycles. The summed E-state index contributed by atoms with van der Waals surface area (Å²) >= 11 is 0. The Kier molecular flexibility index (Phi) is 4.76. The quantitative estimate of drug-likeness (QED) is 0.405. The van der Waals surface area contributed by atoms with E-state index in [0.717, 1.165) is 0 Å². The molecule has 1 fully saturated rings. The molecule has 0 bridgehead atoms. The Morgan fingerprint density at radius 1 is 1.50 bits per heavy atom. The molecule has 1 aliphatic rings. The van der Waals surface area contributed by atoms with Crippen molar-refractivity contribution < 1.29 is 14.3 Å². The second-order valence-corrected chi connectivity index (χ2v) is 5.37. The van der Waals surface area contributed by atoms with Crippen LogP contribution >= 0.6 is 0 Å². The van der Waals surface area contributed by atoms with Gasteiger partial charge in [0.05, 0.1) is 6.04 Å². The predicted molar refractivity (Wildman–Crippen MR) is 79.9 cm³/mol. The van der Waals surface area contributed by atoms with Crippen LogP contribution in [0.2, 0.25) is 0 Å². The summed E-state index contributed by atoms with van der Waals surface area (Å²) in [5, 5.41) is 2.82. The summed E-state index contributed by atoms with van der Waals surface area (Å²) in [6.07, 6.45) is 1.08. The van der Waals surface area contributed by atoms with Crippen molar-refractivity contribution in [1.82, 2.24) is 15.4 Å². The van der Waals surface area contributed by atoms with Gasteiger partial charge in [-0.05, 0) is 18.9 Å². The van der Waals surface area contributed by atoms with Gasteiger partial charge < -0.3 is 10.1 Å². The smallest absolute Gasteiger partial charge is 0.415 e. The first-order chi connectivity index (χ1) is 10.4. The third-order valence-corrected chi connectivity index (χ3v) is 3.44. The molecule has 1 aliphatic heterocycles. The highest BCUT2D eigenvalue weighted by atomic mass is 16.6. The van der Waals surface area contributed by atoms with Gasteiger partial charge in [0.2, 0.25) is 5.95 Å². The molecular weight excluding hydrogens is 288 g/mol. The van der Waals surface area contributed by atoms with Crippen molar-refractivity contribution in [2.24, 2.45) is 11.8 Å². The number of aromatic nitrogens is 2. The van der Waals surface area contributed by atoms with Crippen LogP contribution in [0.5, 0.6) is 0 Å². The summed E-state index contributed by atoms with van der Waals surface area (Å²) in [7, 11) is 0. The van der Waals surface area contributed by atoms with Crippen LogP contribution in [0.4, 0.5) is 16.6 Å². The molecule has 0 spiro atoms. The molecule has 22 heavy (non-hydrogen) atoms. The lowest BCUT2D eigenvalue weighted by atomic mass is 10.0. The third-order valence-electron chi connectivity index (χ3n) is 3.44. The lowest BCUT2D eigenvalue weighted by Crippen LogP contribution is -2.42. The Bertz CT molecular complexity index is 564. The second-order valence-electron chi connectivity index (χ2n) is 5.37. The number of nitrogens with zero attached hydrogens (tertiary/aromatic N) is 3. The van der Waals surface area contributed by atoms with Gasteiger partial charge in [0.25, 0.3) is 5.91 Å². The molecule has 0 aromatic carbocycles. The number of carbonyl (C=O) groups is 2. The van der Waals surface area contributed by atoms with E-state index in [1.54, 1.807) is 13.0 Å². The molecule has 1 aromatic rings. The van der Waals surface area contributed by atoms with Gasteiger partial charge in [-0.1, -0.05) is 13.8 Å². The van der Waals surface area contributed by atoms with Gasteiger partial charge in [0, 0.05) is 6.20 Å². The van der Waals surface area contributed by atoms with E-state index in [9.17, 15) is 9.59 Å². The Morgan fingerprint density at radius 3 is 2.86 bits per heavy atom. The Labute approximate surface area is 128 Å². The number of cyclic esters (lactones) is 1. The predicted octanol–water partition coefficient (Wildman–Crippen LogP) is 0.248. The minimum atomic E-state index is -0.605. The van der Waals surface area contributed by atoms with E-state index in [1.807, 2.05) is 19.3 Å². The van der Waals surface area contributed by atoms with Gasteiger partial charge in [-0.2, -0.15) is 4.98 Å². The average molecular weight is 308 g/mol. The van der Waals surface area contributed by atoms with Crippen LogP contribution in [0, 0.1) is 5.92 Å². The van der Waals surface area contributed by atoms with Crippen molar-refractivity contribution in [1.29, 1.82) is 0 Å². The van der Waals surface area contributed by atoms with Crippen LogP contribution in [0.3, 0.4) is 0 Å². The molecule has 9 heteroatoms. The van der Waals surface area contributed by atoms with E-state index in [2.05, 4.69) is 15.3 Å². The van der Waals surface area contributed by atoms with Crippen molar-refractivity contribution in [2.75, 3.05) is 16.8 Å². The molecule has 0 aliphatic carbocycles. The van der Waals surface area contributed by atoms with Crippen LogP contribution in [0.25, 0.3) is 0 Å². The SMILES string of the molecule is CC(Nc1nccc(N2C(=O)OCC2C(C)C)n1)C(=O)NN. The Hall–Kier alpha value is -2.42. The van der Waals surface area contributed by atoms with Crippen molar-refractivity contribution in [3.05, 3.63) is 12.3 Å². The number of ether oxygens (including phenoxy) is 1. The number of nitrogens with one attached hydrogen (secondary N) is 2. The Balaban J connectivity index is 2.20. The molecule has 2 heterocycles. The lowest BCUT2D eigenvalue weighted by molar-refractivity contribution is -0.121. The molecular formula is C13H20N6O3. The fourth-order valence-corrected chi connectivity index (χ4v) is 2.13. The van der Waals surface area contributed by atoms with E-state index < -0.39 is 18.0 Å². The molecule has 2 atom stereocenters. The number of hydrogen-bond donors (Lipinski definition) is 3. The van der Waals surface area contributed by atoms with Gasteiger partial charge in [0.15, 0.2) is 0 Å². The standard InChI is InChI=1S/C13H20N6O3/c1-7(2)9-6-22-13(21)19(9)10-4-5-15-12(17-10)16-8(3)11(20)18-14/h4-5,7-9H,6,14H2,1-3H3,(H,18,20)(H,15,16,17). The highest BCUT2D eigenvalue weighted by molar-refractivity contribution is 5.89.